The van der Waals surface area contributed by atoms with Gasteiger partial charge in [0.25, 0.3) is 0 Å². The van der Waals surface area contributed by atoms with Gasteiger partial charge in [-0.1, -0.05) is 47.7 Å². The number of nitrogens with zero attached hydrogens (tertiary/aromatic N) is 3. The summed E-state index contributed by atoms with van der Waals surface area (Å²) in [6.45, 7) is 4.08. The number of ether oxygens (including phenoxy) is 1. The van der Waals surface area contributed by atoms with E-state index in [1.165, 1.54) is 5.17 Å². The lowest BCUT2D eigenvalue weighted by Gasteiger charge is -2.32. The molecule has 0 aromatic heterocycles. The first-order valence-electron chi connectivity index (χ1n) is 6.56. The molecule has 0 atom stereocenters. The average Bonchev–Trinajstić information content (AvgIpc) is 2.92. The lowest BCUT2D eigenvalue weighted by atomic mass is 10.2. The Hall–Kier alpha value is -1.63. The number of benzene rings is 1. The maximum Gasteiger partial charge on any atom is 0.202 e. The van der Waals surface area contributed by atoms with Gasteiger partial charge in [-0.05, 0) is 0 Å². The number of hydroxylamine groups is 1. The number of thiocarbonyl (C=S) groups is 1. The fraction of sp³-hybridized carbons (Fsp3) is 0.357. The molecule has 0 aliphatic carbocycles. The van der Waals surface area contributed by atoms with Crippen LogP contribution in [0, 0.1) is 0 Å². The Morgan fingerprint density at radius 2 is 1.90 bits per heavy atom. The fourth-order valence-corrected chi connectivity index (χ4v) is 2.35. The summed E-state index contributed by atoms with van der Waals surface area (Å²) in [7, 11) is 0. The van der Waals surface area contributed by atoms with Crippen LogP contribution in [0.2, 0.25) is 0 Å². The number of hydrazine groups is 1. The van der Waals surface area contributed by atoms with Gasteiger partial charge in [-0.2, -0.15) is 0 Å². The standard InChI is InChI=1S/C14H16N3O2S/c20-12-17-16(11-15-6-8-18-9-7-15)10-14(19-17)13-4-2-1-3-5-13/h1-5,10H,6-9,11H2. The summed E-state index contributed by atoms with van der Waals surface area (Å²) >= 11 is 4.89. The Balaban J connectivity index is 1.71. The van der Waals surface area contributed by atoms with E-state index in [1.54, 1.807) is 0 Å². The Morgan fingerprint density at radius 1 is 1.15 bits per heavy atom. The maximum absolute atomic E-state index is 5.70. The molecule has 1 aromatic carbocycles. The molecule has 1 aromatic rings. The van der Waals surface area contributed by atoms with Gasteiger partial charge in [0.15, 0.2) is 5.76 Å². The largest absolute Gasteiger partial charge is 0.379 e. The smallest absolute Gasteiger partial charge is 0.202 e. The second-order valence-electron chi connectivity index (χ2n) is 4.63. The van der Waals surface area contributed by atoms with Gasteiger partial charge >= 0.3 is 0 Å². The minimum atomic E-state index is 0.712. The highest BCUT2D eigenvalue weighted by Gasteiger charge is 2.25. The van der Waals surface area contributed by atoms with E-state index in [9.17, 15) is 0 Å². The van der Waals surface area contributed by atoms with Gasteiger partial charge < -0.3 is 9.57 Å². The van der Waals surface area contributed by atoms with Crippen molar-refractivity contribution in [3.05, 3.63) is 42.1 Å². The molecule has 105 valence electrons. The van der Waals surface area contributed by atoms with Crippen LogP contribution in [-0.2, 0) is 9.57 Å². The number of rotatable bonds is 4. The van der Waals surface area contributed by atoms with E-state index in [4.69, 9.17) is 21.8 Å². The van der Waals surface area contributed by atoms with Crippen LogP contribution in [0.5, 0.6) is 0 Å². The van der Waals surface area contributed by atoms with E-state index in [2.05, 4.69) is 10.4 Å². The summed E-state index contributed by atoms with van der Waals surface area (Å²) in [5.41, 5.74) is 3.63. The predicted molar refractivity (Wildman–Crippen MR) is 79.0 cm³/mol. The number of hydrogen-bond donors (Lipinski definition) is 0. The molecular formula is C14H16N3O2S. The second-order valence-corrected chi connectivity index (χ2v) is 4.81. The number of hydrogen-bond acceptors (Lipinski definition) is 5. The van der Waals surface area contributed by atoms with Crippen LogP contribution in [-0.4, -0.2) is 53.5 Å². The van der Waals surface area contributed by atoms with Crippen molar-refractivity contribution in [3.8, 4) is 0 Å². The van der Waals surface area contributed by atoms with Gasteiger partial charge in [0, 0.05) is 18.7 Å². The Labute approximate surface area is 123 Å². The first kappa shape index (κ1) is 13.4. The zero-order chi connectivity index (χ0) is 13.8. The Morgan fingerprint density at radius 3 is 2.60 bits per heavy atom. The first-order valence-corrected chi connectivity index (χ1v) is 6.97. The van der Waals surface area contributed by atoms with Crippen LogP contribution in [0.1, 0.15) is 5.56 Å². The molecule has 1 fully saturated rings. The van der Waals surface area contributed by atoms with Gasteiger partial charge in [-0.15, -0.1) is 0 Å². The lowest BCUT2D eigenvalue weighted by Crippen LogP contribution is -2.46. The summed E-state index contributed by atoms with van der Waals surface area (Å²) in [6, 6.07) is 9.95. The molecule has 0 N–H and O–H groups in total. The van der Waals surface area contributed by atoms with Crippen molar-refractivity contribution in [2.45, 2.75) is 0 Å². The first-order chi connectivity index (χ1) is 9.86. The molecule has 6 heteroatoms. The average molecular weight is 290 g/mol. The molecule has 1 radical (unpaired) electrons. The molecule has 2 aliphatic heterocycles. The van der Waals surface area contributed by atoms with Gasteiger partial charge in [-0.25, -0.2) is 5.01 Å². The summed E-state index contributed by atoms with van der Waals surface area (Å²) in [5.74, 6) is 0.774. The molecule has 20 heavy (non-hydrogen) atoms. The van der Waals surface area contributed by atoms with Gasteiger partial charge in [0.2, 0.25) is 5.49 Å². The van der Waals surface area contributed by atoms with Gasteiger partial charge in [0.1, 0.15) is 0 Å². The van der Waals surface area contributed by atoms with Crippen LogP contribution in [0.25, 0.3) is 5.76 Å². The van der Waals surface area contributed by atoms with Crippen molar-refractivity contribution in [2.75, 3.05) is 33.0 Å². The third-order valence-corrected chi connectivity index (χ3v) is 3.43. The highest BCUT2D eigenvalue weighted by atomic mass is 32.1. The molecule has 1 saturated heterocycles. The van der Waals surface area contributed by atoms with E-state index >= 15 is 0 Å². The zero-order valence-corrected chi connectivity index (χ0v) is 11.9. The minimum Gasteiger partial charge on any atom is -0.379 e. The molecule has 0 bridgehead atoms. The Kier molecular flexibility index (Phi) is 4.15. The van der Waals surface area contributed by atoms with Gasteiger partial charge in [-0.3, -0.25) is 4.90 Å². The topological polar surface area (TPSA) is 28.2 Å². The second kappa shape index (κ2) is 6.21. The quantitative estimate of drug-likeness (QED) is 0.782. The summed E-state index contributed by atoms with van der Waals surface area (Å²) in [6.07, 6.45) is 1.95. The molecule has 0 saturated carbocycles. The van der Waals surface area contributed by atoms with E-state index < -0.39 is 0 Å². The molecular weight excluding hydrogens is 274 g/mol. The van der Waals surface area contributed by atoms with Gasteiger partial charge in [0.05, 0.1) is 26.1 Å². The fourth-order valence-electron chi connectivity index (χ4n) is 2.20. The monoisotopic (exact) mass is 290 g/mol. The molecule has 5 nitrogen and oxygen atoms in total. The predicted octanol–water partition coefficient (Wildman–Crippen LogP) is 1.57. The SMILES string of the molecule is S=[C]N1OC(c2ccccc2)=CN1CN1CCOCC1. The van der Waals surface area contributed by atoms with E-state index in [-0.39, 0.29) is 0 Å². The van der Waals surface area contributed by atoms with E-state index in [0.717, 1.165) is 37.6 Å². The molecule has 0 amide bonds. The minimum absolute atomic E-state index is 0.712. The summed E-state index contributed by atoms with van der Waals surface area (Å²) in [5, 5.41) is 3.38. The van der Waals surface area contributed by atoms with Crippen molar-refractivity contribution >= 4 is 23.5 Å². The molecule has 0 spiro atoms. The highest BCUT2D eigenvalue weighted by molar-refractivity contribution is 7.78. The van der Waals surface area contributed by atoms with Crippen molar-refractivity contribution in [1.29, 1.82) is 0 Å². The highest BCUT2D eigenvalue weighted by Crippen LogP contribution is 2.25. The summed E-state index contributed by atoms with van der Waals surface area (Å²) in [4.78, 5) is 7.99. The van der Waals surface area contributed by atoms with Crippen LogP contribution >= 0.6 is 12.2 Å². The Bertz CT molecular complexity index is 488. The molecule has 0 unspecified atom stereocenters. The van der Waals surface area contributed by atoms with Crippen LogP contribution in [0.15, 0.2) is 36.5 Å². The van der Waals surface area contributed by atoms with E-state index in [0.29, 0.717) is 6.67 Å². The maximum atomic E-state index is 5.70. The lowest BCUT2D eigenvalue weighted by molar-refractivity contribution is -0.143. The van der Waals surface area contributed by atoms with Crippen LogP contribution < -0.4 is 0 Å². The van der Waals surface area contributed by atoms with E-state index in [1.807, 2.05) is 41.5 Å². The van der Waals surface area contributed by atoms with Crippen molar-refractivity contribution in [1.82, 2.24) is 15.1 Å². The zero-order valence-electron chi connectivity index (χ0n) is 11.1. The number of morpholine rings is 1. The normalized spacial score (nSPS) is 19.7. The molecule has 2 heterocycles. The van der Waals surface area contributed by atoms with Crippen molar-refractivity contribution in [3.63, 3.8) is 0 Å². The van der Waals surface area contributed by atoms with Crippen LogP contribution in [0.3, 0.4) is 0 Å². The van der Waals surface area contributed by atoms with Crippen molar-refractivity contribution in [2.24, 2.45) is 0 Å². The summed E-state index contributed by atoms with van der Waals surface area (Å²) < 4.78 is 5.35. The van der Waals surface area contributed by atoms with Crippen molar-refractivity contribution < 1.29 is 9.57 Å². The third kappa shape index (κ3) is 2.92. The molecule has 3 rings (SSSR count). The van der Waals surface area contributed by atoms with Crippen LogP contribution in [0.4, 0.5) is 0 Å². The third-order valence-electron chi connectivity index (χ3n) is 3.27. The molecule has 2 aliphatic rings.